The van der Waals surface area contributed by atoms with Crippen molar-refractivity contribution in [3.63, 3.8) is 0 Å². The van der Waals surface area contributed by atoms with Gasteiger partial charge in [-0.2, -0.15) is 0 Å². The molecule has 0 aromatic heterocycles. The normalized spacial score (nSPS) is 12.6. The summed E-state index contributed by atoms with van der Waals surface area (Å²) in [5.74, 6) is -0.0265. The summed E-state index contributed by atoms with van der Waals surface area (Å²) in [6, 6.07) is 0. The maximum absolute atomic E-state index is 11.4. The van der Waals surface area contributed by atoms with E-state index in [4.69, 9.17) is 10.5 Å². The third-order valence-electron chi connectivity index (χ3n) is 1.55. The van der Waals surface area contributed by atoms with E-state index in [9.17, 15) is 8.42 Å². The van der Waals surface area contributed by atoms with Gasteiger partial charge >= 0.3 is 0 Å². The first-order chi connectivity index (χ1) is 6.62. The van der Waals surface area contributed by atoms with Crippen LogP contribution in [0, 0.1) is 0 Å². The topological polar surface area (TPSA) is 81.4 Å². The van der Waals surface area contributed by atoms with Gasteiger partial charge in [-0.05, 0) is 27.7 Å². The molecule has 0 saturated heterocycles. The second kappa shape index (κ2) is 7.45. The summed E-state index contributed by atoms with van der Waals surface area (Å²) in [7, 11) is -3.27. The third kappa shape index (κ3) is 12.2. The molecule has 0 spiro atoms. The summed E-state index contributed by atoms with van der Waals surface area (Å²) >= 11 is 0. The van der Waals surface area contributed by atoms with Crippen molar-refractivity contribution in [2.24, 2.45) is 5.73 Å². The number of sulfonamides is 1. The zero-order valence-electron chi connectivity index (χ0n) is 10.3. The summed E-state index contributed by atoms with van der Waals surface area (Å²) in [6.45, 7) is 7.70. The van der Waals surface area contributed by atoms with Gasteiger partial charge in [0, 0.05) is 12.1 Å². The molecule has 7 heteroatoms. The summed E-state index contributed by atoms with van der Waals surface area (Å²) in [5.41, 5.74) is 5.13. The van der Waals surface area contributed by atoms with Crippen LogP contribution in [0.25, 0.3) is 0 Å². The van der Waals surface area contributed by atoms with Crippen molar-refractivity contribution in [2.45, 2.75) is 39.3 Å². The van der Waals surface area contributed by atoms with Crippen molar-refractivity contribution >= 4 is 22.4 Å². The number of nitrogens with two attached hydrogens (primary N) is 1. The molecular weight excluding hydrogens is 252 g/mol. The minimum absolute atomic E-state index is 0. The van der Waals surface area contributed by atoms with Gasteiger partial charge in [-0.3, -0.25) is 0 Å². The Hall–Kier alpha value is 0.120. The van der Waals surface area contributed by atoms with Crippen LogP contribution in [-0.4, -0.2) is 39.0 Å². The molecule has 0 heterocycles. The Labute approximate surface area is 105 Å². The number of nitrogens with one attached hydrogen (secondary N) is 1. The van der Waals surface area contributed by atoms with E-state index in [-0.39, 0.29) is 37.4 Å². The molecule has 16 heavy (non-hydrogen) atoms. The summed E-state index contributed by atoms with van der Waals surface area (Å²) < 4.78 is 30.4. The molecule has 0 aromatic rings. The highest BCUT2D eigenvalue weighted by Crippen LogP contribution is 1.96. The second-order valence-corrected chi connectivity index (χ2v) is 6.47. The van der Waals surface area contributed by atoms with Gasteiger partial charge in [0.05, 0.1) is 18.5 Å². The predicted molar refractivity (Wildman–Crippen MR) is 68.4 cm³/mol. The maximum Gasteiger partial charge on any atom is 0.213 e. The highest BCUT2D eigenvalue weighted by Gasteiger charge is 2.16. The average Bonchev–Trinajstić information content (AvgIpc) is 1.99. The van der Waals surface area contributed by atoms with E-state index in [2.05, 4.69) is 4.72 Å². The molecule has 5 nitrogen and oxygen atoms in total. The molecule has 3 N–H and O–H groups in total. The minimum atomic E-state index is -3.27. The molecule has 0 aromatic carbocycles. The fourth-order valence-corrected chi connectivity index (χ4v) is 1.81. The molecule has 0 rings (SSSR count). The fourth-order valence-electron chi connectivity index (χ4n) is 0.762. The van der Waals surface area contributed by atoms with Crippen molar-refractivity contribution in [3.8, 4) is 0 Å². The van der Waals surface area contributed by atoms with Crippen LogP contribution in [0.1, 0.15) is 27.7 Å². The lowest BCUT2D eigenvalue weighted by atomic mass is 10.1. The van der Waals surface area contributed by atoms with Crippen LogP contribution in [0.3, 0.4) is 0 Å². The lowest BCUT2D eigenvalue weighted by Gasteiger charge is -2.19. The first kappa shape index (κ1) is 18.5. The summed E-state index contributed by atoms with van der Waals surface area (Å²) in [5, 5.41) is 0. The lowest BCUT2D eigenvalue weighted by molar-refractivity contribution is 0.0911. The standard InChI is InChI=1S/C9H22N2O3S.ClH/c1-8(2)14-5-6-15(12,13)11-7-9(3,4)10;/h8,11H,5-7,10H2,1-4H3;1H. The molecule has 100 valence electrons. The van der Waals surface area contributed by atoms with Gasteiger partial charge in [-0.25, -0.2) is 13.1 Å². The smallest absolute Gasteiger partial charge is 0.213 e. The van der Waals surface area contributed by atoms with E-state index in [1.807, 2.05) is 13.8 Å². The molecule has 0 aliphatic heterocycles. The van der Waals surface area contributed by atoms with Crippen molar-refractivity contribution in [1.82, 2.24) is 4.72 Å². The number of hydrogen-bond donors (Lipinski definition) is 2. The van der Waals surface area contributed by atoms with Crippen LogP contribution in [0.4, 0.5) is 0 Å². The zero-order valence-corrected chi connectivity index (χ0v) is 12.0. The van der Waals surface area contributed by atoms with Gasteiger partial charge in [-0.15, -0.1) is 12.4 Å². The SMILES string of the molecule is CC(C)OCCS(=O)(=O)NCC(C)(C)N.Cl. The minimum Gasteiger partial charge on any atom is -0.378 e. The maximum atomic E-state index is 11.4. The molecular formula is C9H23ClN2O3S. The number of ether oxygens (including phenoxy) is 1. The van der Waals surface area contributed by atoms with E-state index in [0.29, 0.717) is 0 Å². The van der Waals surface area contributed by atoms with Crippen molar-refractivity contribution in [1.29, 1.82) is 0 Å². The van der Waals surface area contributed by atoms with E-state index in [1.165, 1.54) is 0 Å². The molecule has 0 atom stereocenters. The van der Waals surface area contributed by atoms with Crippen LogP contribution in [0.5, 0.6) is 0 Å². The molecule has 0 radical (unpaired) electrons. The fraction of sp³-hybridized carbons (Fsp3) is 1.00. The van der Waals surface area contributed by atoms with Crippen molar-refractivity contribution in [3.05, 3.63) is 0 Å². The number of hydrogen-bond acceptors (Lipinski definition) is 4. The monoisotopic (exact) mass is 274 g/mol. The first-order valence-corrected chi connectivity index (χ1v) is 6.65. The highest BCUT2D eigenvalue weighted by atomic mass is 35.5. The molecule has 0 saturated carbocycles. The van der Waals surface area contributed by atoms with Crippen LogP contribution in [-0.2, 0) is 14.8 Å². The van der Waals surface area contributed by atoms with Crippen LogP contribution in [0.2, 0.25) is 0 Å². The van der Waals surface area contributed by atoms with Gasteiger partial charge in [0.15, 0.2) is 0 Å². The molecule has 0 aliphatic rings. The van der Waals surface area contributed by atoms with E-state index < -0.39 is 15.6 Å². The average molecular weight is 275 g/mol. The van der Waals surface area contributed by atoms with Gasteiger partial charge in [0.2, 0.25) is 10.0 Å². The Morgan fingerprint density at radius 3 is 2.25 bits per heavy atom. The van der Waals surface area contributed by atoms with Crippen LogP contribution >= 0.6 is 12.4 Å². The Bertz CT molecular complexity index is 273. The summed E-state index contributed by atoms with van der Waals surface area (Å²) in [4.78, 5) is 0. The van der Waals surface area contributed by atoms with E-state index in [1.54, 1.807) is 13.8 Å². The number of rotatable bonds is 7. The number of halogens is 1. The second-order valence-electron chi connectivity index (χ2n) is 4.55. The highest BCUT2D eigenvalue weighted by molar-refractivity contribution is 7.89. The first-order valence-electron chi connectivity index (χ1n) is 5.00. The van der Waals surface area contributed by atoms with Crippen molar-refractivity contribution < 1.29 is 13.2 Å². The Kier molecular flexibility index (Phi) is 8.60. The van der Waals surface area contributed by atoms with Gasteiger partial charge in [0.1, 0.15) is 0 Å². The molecule has 0 bridgehead atoms. The largest absolute Gasteiger partial charge is 0.378 e. The lowest BCUT2D eigenvalue weighted by Crippen LogP contribution is -2.45. The molecule has 0 unspecified atom stereocenters. The molecule has 0 fully saturated rings. The zero-order chi connectivity index (χ0) is 12.1. The third-order valence-corrected chi connectivity index (χ3v) is 2.84. The van der Waals surface area contributed by atoms with Crippen LogP contribution in [0.15, 0.2) is 0 Å². The van der Waals surface area contributed by atoms with Gasteiger partial charge in [0.25, 0.3) is 0 Å². The van der Waals surface area contributed by atoms with E-state index >= 15 is 0 Å². The van der Waals surface area contributed by atoms with Gasteiger partial charge in [-0.1, -0.05) is 0 Å². The molecule has 0 amide bonds. The van der Waals surface area contributed by atoms with E-state index in [0.717, 1.165) is 0 Å². The predicted octanol–water partition coefficient (Wildman–Crippen LogP) is 0.490. The Morgan fingerprint density at radius 1 is 1.38 bits per heavy atom. The Morgan fingerprint density at radius 2 is 1.88 bits per heavy atom. The van der Waals surface area contributed by atoms with Crippen LogP contribution < -0.4 is 10.5 Å². The van der Waals surface area contributed by atoms with Gasteiger partial charge < -0.3 is 10.5 Å². The Balaban J connectivity index is 0. The molecule has 0 aliphatic carbocycles. The quantitative estimate of drug-likeness (QED) is 0.708. The summed E-state index contributed by atoms with van der Waals surface area (Å²) in [6.07, 6.45) is 0.0474. The van der Waals surface area contributed by atoms with Crippen molar-refractivity contribution in [2.75, 3.05) is 18.9 Å².